The van der Waals surface area contributed by atoms with Crippen LogP contribution in [0.2, 0.25) is 0 Å². The molecule has 28 heavy (non-hydrogen) atoms. The molecular formula is C20H26FN3O3S. The van der Waals surface area contributed by atoms with Crippen LogP contribution in [-0.2, 0) is 14.8 Å². The molecule has 0 unspecified atom stereocenters. The average Bonchev–Trinajstić information content (AvgIpc) is 2.64. The number of carbonyl (C=O) groups is 1. The first-order chi connectivity index (χ1) is 13.2. The number of nitrogens with one attached hydrogen (secondary N) is 1. The Hall–Kier alpha value is -2.45. The molecule has 2 rings (SSSR count). The molecule has 2 aromatic rings. The lowest BCUT2D eigenvalue weighted by atomic mass is 10.2. The van der Waals surface area contributed by atoms with Gasteiger partial charge in [-0.15, -0.1) is 0 Å². The number of hydrogen-bond donors (Lipinski definition) is 1. The third-order valence-corrected chi connectivity index (χ3v) is 5.90. The largest absolute Gasteiger partial charge is 0.354 e. The lowest BCUT2D eigenvalue weighted by Gasteiger charge is -2.24. The minimum Gasteiger partial charge on any atom is -0.354 e. The molecule has 0 bridgehead atoms. The molecule has 0 aliphatic rings. The zero-order chi connectivity index (χ0) is 20.7. The number of nitrogens with zero attached hydrogens (tertiary/aromatic N) is 2. The maximum absolute atomic E-state index is 14.4. The van der Waals surface area contributed by atoms with Crippen molar-refractivity contribution >= 4 is 21.6 Å². The number of aryl methyl sites for hydroxylation is 1. The molecular weight excluding hydrogens is 381 g/mol. The molecule has 2 aromatic carbocycles. The maximum atomic E-state index is 14.4. The van der Waals surface area contributed by atoms with Crippen LogP contribution in [0.5, 0.6) is 0 Å². The topological polar surface area (TPSA) is 69.7 Å². The number of hydrogen-bond acceptors (Lipinski definition) is 4. The second kappa shape index (κ2) is 9.66. The van der Waals surface area contributed by atoms with Crippen molar-refractivity contribution in [2.24, 2.45) is 0 Å². The van der Waals surface area contributed by atoms with Gasteiger partial charge in [-0.05, 0) is 58.3 Å². The summed E-state index contributed by atoms with van der Waals surface area (Å²) in [5, 5.41) is 2.70. The predicted molar refractivity (Wildman–Crippen MR) is 108 cm³/mol. The first-order valence-electron chi connectivity index (χ1n) is 8.97. The van der Waals surface area contributed by atoms with Gasteiger partial charge in [0.05, 0.1) is 10.6 Å². The van der Waals surface area contributed by atoms with Crippen LogP contribution in [0.25, 0.3) is 0 Å². The number of para-hydroxylation sites is 1. The number of halogens is 1. The Labute approximate surface area is 166 Å². The molecule has 0 radical (unpaired) electrons. The fraction of sp³-hybridized carbons (Fsp3) is 0.350. The molecule has 0 aliphatic heterocycles. The van der Waals surface area contributed by atoms with Crippen LogP contribution < -0.4 is 9.62 Å². The summed E-state index contributed by atoms with van der Waals surface area (Å²) in [6.07, 6.45) is 0.725. The second-order valence-corrected chi connectivity index (χ2v) is 8.65. The molecule has 1 amide bonds. The first kappa shape index (κ1) is 21.8. The molecule has 6 nitrogen and oxygen atoms in total. The van der Waals surface area contributed by atoms with Crippen LogP contribution in [-0.4, -0.2) is 53.0 Å². The molecule has 152 valence electrons. The van der Waals surface area contributed by atoms with Gasteiger partial charge in [0.15, 0.2) is 0 Å². The molecule has 0 aliphatic carbocycles. The molecule has 8 heteroatoms. The standard InChI is InChI=1S/C20H26FN3O3S/c1-16-9-11-17(12-10-16)28(26,27)24(19-8-5-4-7-18(19)21)15-20(25)22-13-6-14-23(2)3/h4-5,7-12H,6,13-15H2,1-3H3,(H,22,25). The van der Waals surface area contributed by atoms with Gasteiger partial charge < -0.3 is 10.2 Å². The van der Waals surface area contributed by atoms with Crippen molar-refractivity contribution in [1.82, 2.24) is 10.2 Å². The van der Waals surface area contributed by atoms with Crippen molar-refractivity contribution in [3.63, 3.8) is 0 Å². The molecule has 0 spiro atoms. The Kier molecular flexibility index (Phi) is 7.53. The van der Waals surface area contributed by atoms with Gasteiger partial charge in [-0.3, -0.25) is 9.10 Å². The highest BCUT2D eigenvalue weighted by Gasteiger charge is 2.28. The summed E-state index contributed by atoms with van der Waals surface area (Å²) in [7, 11) is -0.255. The Balaban J connectivity index is 2.27. The van der Waals surface area contributed by atoms with Crippen LogP contribution in [0.3, 0.4) is 0 Å². The van der Waals surface area contributed by atoms with Crippen LogP contribution in [0.15, 0.2) is 53.4 Å². The van der Waals surface area contributed by atoms with E-state index in [4.69, 9.17) is 0 Å². The van der Waals surface area contributed by atoms with Gasteiger partial charge in [0.1, 0.15) is 12.4 Å². The minimum absolute atomic E-state index is 0.00163. The normalized spacial score (nSPS) is 11.5. The monoisotopic (exact) mass is 407 g/mol. The fourth-order valence-electron chi connectivity index (χ4n) is 2.60. The molecule has 1 N–H and O–H groups in total. The summed E-state index contributed by atoms with van der Waals surface area (Å²) in [6.45, 7) is 2.54. The van der Waals surface area contributed by atoms with E-state index in [-0.39, 0.29) is 10.6 Å². The van der Waals surface area contributed by atoms with Gasteiger partial charge >= 0.3 is 0 Å². The number of rotatable bonds is 9. The quantitative estimate of drug-likeness (QED) is 0.648. The Morgan fingerprint density at radius 2 is 1.71 bits per heavy atom. The van der Waals surface area contributed by atoms with E-state index in [1.807, 2.05) is 25.9 Å². The van der Waals surface area contributed by atoms with Crippen LogP contribution >= 0.6 is 0 Å². The fourth-order valence-corrected chi connectivity index (χ4v) is 4.03. The molecule has 0 fully saturated rings. The Morgan fingerprint density at radius 1 is 1.07 bits per heavy atom. The van der Waals surface area contributed by atoms with Gasteiger partial charge in [0.2, 0.25) is 5.91 Å². The van der Waals surface area contributed by atoms with Crippen LogP contribution in [0, 0.1) is 12.7 Å². The number of anilines is 1. The Morgan fingerprint density at radius 3 is 2.32 bits per heavy atom. The highest BCUT2D eigenvalue weighted by molar-refractivity contribution is 7.92. The van der Waals surface area contributed by atoms with E-state index in [9.17, 15) is 17.6 Å². The summed E-state index contributed by atoms with van der Waals surface area (Å²) < 4.78 is 41.4. The maximum Gasteiger partial charge on any atom is 0.264 e. The SMILES string of the molecule is Cc1ccc(S(=O)(=O)N(CC(=O)NCCCN(C)C)c2ccccc2F)cc1. The van der Waals surface area contributed by atoms with Crippen molar-refractivity contribution in [2.75, 3.05) is 38.0 Å². The summed E-state index contributed by atoms with van der Waals surface area (Å²) >= 11 is 0. The number of amides is 1. The molecule has 0 heterocycles. The summed E-state index contributed by atoms with van der Waals surface area (Å²) in [5.41, 5.74) is 0.738. The van der Waals surface area contributed by atoms with Gasteiger partial charge in [0, 0.05) is 6.54 Å². The van der Waals surface area contributed by atoms with Gasteiger partial charge in [-0.25, -0.2) is 12.8 Å². The minimum atomic E-state index is -4.11. The van der Waals surface area contributed by atoms with Gasteiger partial charge in [-0.2, -0.15) is 0 Å². The van der Waals surface area contributed by atoms with E-state index < -0.39 is 28.3 Å². The van der Waals surface area contributed by atoms with E-state index in [2.05, 4.69) is 5.32 Å². The zero-order valence-corrected chi connectivity index (χ0v) is 17.2. The van der Waals surface area contributed by atoms with Gasteiger partial charge in [0.25, 0.3) is 10.0 Å². The zero-order valence-electron chi connectivity index (χ0n) is 16.4. The van der Waals surface area contributed by atoms with Crippen LogP contribution in [0.1, 0.15) is 12.0 Å². The third kappa shape index (κ3) is 5.77. The lowest BCUT2D eigenvalue weighted by Crippen LogP contribution is -2.41. The van der Waals surface area contributed by atoms with E-state index in [1.165, 1.54) is 36.4 Å². The average molecular weight is 408 g/mol. The number of sulfonamides is 1. The van der Waals surface area contributed by atoms with E-state index in [0.29, 0.717) is 6.54 Å². The third-order valence-electron chi connectivity index (χ3n) is 4.12. The predicted octanol–water partition coefficient (Wildman–Crippen LogP) is 2.40. The second-order valence-electron chi connectivity index (χ2n) is 6.78. The molecule has 0 atom stereocenters. The smallest absolute Gasteiger partial charge is 0.264 e. The van der Waals surface area contributed by atoms with Gasteiger partial charge in [-0.1, -0.05) is 29.8 Å². The van der Waals surface area contributed by atoms with Crippen molar-refractivity contribution in [2.45, 2.75) is 18.2 Å². The van der Waals surface area contributed by atoms with Crippen molar-refractivity contribution < 1.29 is 17.6 Å². The summed E-state index contributed by atoms with van der Waals surface area (Å²) in [5.74, 6) is -1.20. The highest BCUT2D eigenvalue weighted by atomic mass is 32.2. The molecule has 0 saturated heterocycles. The Bertz CT molecular complexity index is 899. The van der Waals surface area contributed by atoms with Crippen molar-refractivity contribution in [1.29, 1.82) is 0 Å². The van der Waals surface area contributed by atoms with Crippen molar-refractivity contribution in [3.05, 3.63) is 59.9 Å². The molecule has 0 saturated carbocycles. The number of benzene rings is 2. The van der Waals surface area contributed by atoms with Crippen molar-refractivity contribution in [3.8, 4) is 0 Å². The summed E-state index contributed by atoms with van der Waals surface area (Å²) in [4.78, 5) is 14.3. The van der Waals surface area contributed by atoms with Crippen LogP contribution in [0.4, 0.5) is 10.1 Å². The summed E-state index contributed by atoms with van der Waals surface area (Å²) in [6, 6.07) is 11.7. The van der Waals surface area contributed by atoms with E-state index in [1.54, 1.807) is 12.1 Å². The highest BCUT2D eigenvalue weighted by Crippen LogP contribution is 2.26. The lowest BCUT2D eigenvalue weighted by molar-refractivity contribution is -0.119. The van der Waals surface area contributed by atoms with E-state index in [0.717, 1.165) is 22.8 Å². The first-order valence-corrected chi connectivity index (χ1v) is 10.4. The van der Waals surface area contributed by atoms with E-state index >= 15 is 0 Å². The molecule has 0 aromatic heterocycles. The number of carbonyl (C=O) groups excluding carboxylic acids is 1.